The minimum Gasteiger partial charge on any atom is -0.485 e. The molecule has 0 bridgehead atoms. The molecule has 154 valence electrons. The Morgan fingerprint density at radius 1 is 1.13 bits per heavy atom. The van der Waals surface area contributed by atoms with Crippen LogP contribution < -0.4 is 4.74 Å². The summed E-state index contributed by atoms with van der Waals surface area (Å²) in [5.41, 5.74) is 1.63. The summed E-state index contributed by atoms with van der Waals surface area (Å²) in [6, 6.07) is 16.7. The Balaban J connectivity index is 1.25. The molecule has 1 amide bonds. The predicted molar refractivity (Wildman–Crippen MR) is 112 cm³/mol. The average molecular weight is 414 g/mol. The van der Waals surface area contributed by atoms with Crippen LogP contribution in [0, 0.1) is 0 Å². The summed E-state index contributed by atoms with van der Waals surface area (Å²) < 4.78 is 16.9. The fourth-order valence-corrected chi connectivity index (χ4v) is 3.31. The normalized spacial score (nSPS) is 11.1. The van der Waals surface area contributed by atoms with Crippen LogP contribution in [0.2, 0.25) is 0 Å². The number of hydrogen-bond acceptors (Lipinski definition) is 7. The van der Waals surface area contributed by atoms with E-state index in [9.17, 15) is 4.79 Å². The van der Waals surface area contributed by atoms with E-state index in [-0.39, 0.29) is 24.8 Å². The number of carbonyl (C=O) groups excluding carboxylic acids is 1. The molecule has 0 atom stereocenters. The molecule has 0 saturated carbocycles. The number of amides is 1. The molecule has 0 radical (unpaired) electrons. The van der Waals surface area contributed by atoms with Gasteiger partial charge in [-0.05, 0) is 24.3 Å². The van der Waals surface area contributed by atoms with Gasteiger partial charge in [0, 0.05) is 36.3 Å². The Hall–Kier alpha value is -4.20. The maximum absolute atomic E-state index is 12.7. The number of para-hydroxylation sites is 2. The molecule has 8 heteroatoms. The molecule has 0 unspecified atom stereocenters. The lowest BCUT2D eigenvalue weighted by molar-refractivity contribution is 0.0763. The van der Waals surface area contributed by atoms with Crippen LogP contribution in [-0.2, 0) is 13.2 Å². The second kappa shape index (κ2) is 7.91. The van der Waals surface area contributed by atoms with Crippen molar-refractivity contribution in [3.05, 3.63) is 84.3 Å². The fourth-order valence-electron chi connectivity index (χ4n) is 3.31. The smallest absolute Gasteiger partial charge is 0.276 e. The number of fused-ring (bicyclic) bond motifs is 2. The van der Waals surface area contributed by atoms with Crippen molar-refractivity contribution in [2.75, 3.05) is 7.05 Å². The van der Waals surface area contributed by atoms with Gasteiger partial charge < -0.3 is 18.6 Å². The number of nitrogens with zero attached hydrogens (tertiary/aromatic N) is 4. The lowest BCUT2D eigenvalue weighted by Crippen LogP contribution is -2.26. The predicted octanol–water partition coefficient (Wildman–Crippen LogP) is 4.22. The summed E-state index contributed by atoms with van der Waals surface area (Å²) in [6.45, 7) is 0.368. The van der Waals surface area contributed by atoms with Gasteiger partial charge in [-0.1, -0.05) is 29.4 Å². The van der Waals surface area contributed by atoms with Crippen molar-refractivity contribution in [2.24, 2.45) is 0 Å². The van der Waals surface area contributed by atoms with Crippen molar-refractivity contribution >= 4 is 27.8 Å². The molecular formula is C23H18N4O4. The van der Waals surface area contributed by atoms with Gasteiger partial charge in [0.05, 0.1) is 6.54 Å². The molecule has 0 fully saturated rings. The largest absolute Gasteiger partial charge is 0.485 e. The van der Waals surface area contributed by atoms with Crippen LogP contribution in [0.25, 0.3) is 21.9 Å². The minimum absolute atomic E-state index is 0.149. The van der Waals surface area contributed by atoms with E-state index < -0.39 is 0 Å². The molecule has 3 heterocycles. The van der Waals surface area contributed by atoms with Gasteiger partial charge in [-0.15, -0.1) is 0 Å². The number of aromatic nitrogens is 3. The Morgan fingerprint density at radius 2 is 2.03 bits per heavy atom. The van der Waals surface area contributed by atoms with Crippen LogP contribution in [0.3, 0.4) is 0 Å². The van der Waals surface area contributed by atoms with Crippen molar-refractivity contribution in [2.45, 2.75) is 13.2 Å². The Morgan fingerprint density at radius 3 is 2.94 bits per heavy atom. The van der Waals surface area contributed by atoms with Crippen LogP contribution >= 0.6 is 0 Å². The van der Waals surface area contributed by atoms with E-state index in [0.29, 0.717) is 23.0 Å². The van der Waals surface area contributed by atoms with E-state index in [2.05, 4.69) is 15.1 Å². The van der Waals surface area contributed by atoms with Crippen LogP contribution in [-0.4, -0.2) is 33.0 Å². The summed E-state index contributed by atoms with van der Waals surface area (Å²) in [5, 5.41) is 5.82. The second-order valence-corrected chi connectivity index (χ2v) is 7.06. The highest BCUT2D eigenvalue weighted by atomic mass is 16.5. The van der Waals surface area contributed by atoms with Gasteiger partial charge in [-0.2, -0.15) is 0 Å². The van der Waals surface area contributed by atoms with Crippen molar-refractivity contribution in [1.29, 1.82) is 0 Å². The number of oxazole rings is 1. The van der Waals surface area contributed by atoms with Crippen LogP contribution in [0.15, 0.2) is 75.9 Å². The van der Waals surface area contributed by atoms with Gasteiger partial charge in [0.15, 0.2) is 17.0 Å². The van der Waals surface area contributed by atoms with Gasteiger partial charge in [0.2, 0.25) is 5.89 Å². The molecular weight excluding hydrogens is 396 g/mol. The lowest BCUT2D eigenvalue weighted by atomic mass is 10.1. The number of carbonyl (C=O) groups is 1. The molecule has 5 aromatic rings. The molecule has 31 heavy (non-hydrogen) atoms. The molecule has 0 aliphatic heterocycles. The minimum atomic E-state index is -0.298. The summed E-state index contributed by atoms with van der Waals surface area (Å²) in [5.74, 6) is 1.31. The monoisotopic (exact) mass is 414 g/mol. The molecule has 0 saturated heterocycles. The first-order valence-corrected chi connectivity index (χ1v) is 9.68. The molecule has 0 aliphatic rings. The van der Waals surface area contributed by atoms with E-state index in [1.807, 2.05) is 48.5 Å². The Kier molecular flexibility index (Phi) is 4.80. The maximum Gasteiger partial charge on any atom is 0.276 e. The summed E-state index contributed by atoms with van der Waals surface area (Å²) in [7, 11) is 1.66. The zero-order valence-corrected chi connectivity index (χ0v) is 16.7. The molecule has 8 nitrogen and oxygen atoms in total. The summed E-state index contributed by atoms with van der Waals surface area (Å²) in [6.07, 6.45) is 3.49. The number of ether oxygens (including phenoxy) is 1. The lowest BCUT2D eigenvalue weighted by Gasteiger charge is -2.12. The molecule has 2 aromatic carbocycles. The van der Waals surface area contributed by atoms with Gasteiger partial charge in [0.25, 0.3) is 5.91 Å². The maximum atomic E-state index is 12.7. The number of pyridine rings is 1. The van der Waals surface area contributed by atoms with Crippen molar-refractivity contribution in [3.8, 4) is 5.75 Å². The van der Waals surface area contributed by atoms with E-state index in [4.69, 9.17) is 13.7 Å². The highest BCUT2D eigenvalue weighted by molar-refractivity contribution is 5.92. The van der Waals surface area contributed by atoms with Crippen LogP contribution in [0.4, 0.5) is 0 Å². The Labute approximate surface area is 177 Å². The quantitative estimate of drug-likeness (QED) is 0.411. The topological polar surface area (TPSA) is 94.5 Å². The van der Waals surface area contributed by atoms with E-state index in [1.54, 1.807) is 25.5 Å². The van der Waals surface area contributed by atoms with Crippen molar-refractivity contribution < 1.29 is 18.5 Å². The van der Waals surface area contributed by atoms with Crippen molar-refractivity contribution in [3.63, 3.8) is 0 Å². The highest BCUT2D eigenvalue weighted by Gasteiger charge is 2.19. The first-order valence-electron chi connectivity index (χ1n) is 9.68. The van der Waals surface area contributed by atoms with Crippen LogP contribution in [0.5, 0.6) is 5.75 Å². The number of hydrogen-bond donors (Lipinski definition) is 0. The molecule has 5 rings (SSSR count). The molecule has 0 N–H and O–H groups in total. The first-order chi connectivity index (χ1) is 15.2. The third kappa shape index (κ3) is 3.83. The fraction of sp³-hybridized carbons (Fsp3) is 0.130. The van der Waals surface area contributed by atoms with Crippen LogP contribution in [0.1, 0.15) is 22.1 Å². The average Bonchev–Trinajstić information content (AvgIpc) is 3.43. The van der Waals surface area contributed by atoms with Gasteiger partial charge >= 0.3 is 0 Å². The standard InChI is InChI=1S/C23H18N4O4/c1-27(13-22-25-18-6-2-3-7-21(18)30-22)23(28)19-11-16(31-26-19)14-29-20-8-4-5-15-12-24-10-9-17(15)20/h2-12H,13-14H2,1H3. The Bertz CT molecular complexity index is 1340. The van der Waals surface area contributed by atoms with Crippen molar-refractivity contribution in [1.82, 2.24) is 20.0 Å². The highest BCUT2D eigenvalue weighted by Crippen LogP contribution is 2.25. The number of rotatable bonds is 6. The zero-order chi connectivity index (χ0) is 21.2. The first kappa shape index (κ1) is 18.8. The summed E-state index contributed by atoms with van der Waals surface area (Å²) >= 11 is 0. The SMILES string of the molecule is CN(Cc1nc2ccccc2o1)C(=O)c1cc(COc2cccc3cnccc23)on1. The molecule has 0 aliphatic carbocycles. The van der Waals surface area contributed by atoms with E-state index in [0.717, 1.165) is 16.3 Å². The molecule has 3 aromatic heterocycles. The number of benzene rings is 2. The van der Waals surface area contributed by atoms with Gasteiger partial charge in [-0.25, -0.2) is 4.98 Å². The van der Waals surface area contributed by atoms with E-state index >= 15 is 0 Å². The summed E-state index contributed by atoms with van der Waals surface area (Å²) in [4.78, 5) is 22.7. The van der Waals surface area contributed by atoms with Gasteiger partial charge in [-0.3, -0.25) is 9.78 Å². The molecule has 0 spiro atoms. The third-order valence-corrected chi connectivity index (χ3v) is 4.85. The van der Waals surface area contributed by atoms with Gasteiger partial charge in [0.1, 0.15) is 17.9 Å². The van der Waals surface area contributed by atoms with E-state index in [1.165, 1.54) is 4.90 Å². The third-order valence-electron chi connectivity index (χ3n) is 4.85. The second-order valence-electron chi connectivity index (χ2n) is 7.06. The zero-order valence-electron chi connectivity index (χ0n) is 16.7.